The Balaban J connectivity index is 0.00000128. The van der Waals surface area contributed by atoms with E-state index in [1.54, 1.807) is 6.20 Å². The molecule has 0 saturated carbocycles. The average Bonchev–Trinajstić information content (AvgIpc) is 2.79. The molecule has 0 radical (unpaired) electrons. The van der Waals surface area contributed by atoms with Gasteiger partial charge in [-0.1, -0.05) is 0 Å². The lowest BCUT2D eigenvalue weighted by molar-refractivity contribution is 0.0825. The summed E-state index contributed by atoms with van der Waals surface area (Å²) in [6.07, 6.45) is 6.35. The summed E-state index contributed by atoms with van der Waals surface area (Å²) in [5.74, 6) is 0.705. The van der Waals surface area contributed by atoms with Gasteiger partial charge in [-0.25, -0.2) is 0 Å². The van der Waals surface area contributed by atoms with Crippen LogP contribution in [0.4, 0.5) is 0 Å². The maximum absolute atomic E-state index is 5.65. The number of hydrogen-bond acceptors (Lipinski definition) is 3. The molecular weight excluding hydrogens is 261 g/mol. The van der Waals surface area contributed by atoms with Crippen molar-refractivity contribution in [1.82, 2.24) is 15.1 Å². The third kappa shape index (κ3) is 6.27. The molecule has 1 aliphatic heterocycles. The van der Waals surface area contributed by atoms with E-state index >= 15 is 0 Å². The van der Waals surface area contributed by atoms with E-state index in [0.717, 1.165) is 26.3 Å². The Bertz CT molecular complexity index is 264. The minimum Gasteiger partial charge on any atom is -0.379 e. The van der Waals surface area contributed by atoms with Crippen molar-refractivity contribution in [3.05, 3.63) is 18.5 Å². The highest BCUT2D eigenvalue weighted by Gasteiger charge is 2.12. The molecule has 17 heavy (non-hydrogen) atoms. The van der Waals surface area contributed by atoms with Crippen molar-refractivity contribution >= 4 is 24.8 Å². The van der Waals surface area contributed by atoms with Crippen LogP contribution < -0.4 is 5.32 Å². The van der Waals surface area contributed by atoms with Gasteiger partial charge in [0.2, 0.25) is 0 Å². The normalized spacial score (nSPS) is 19.2. The summed E-state index contributed by atoms with van der Waals surface area (Å²) in [7, 11) is 0. The van der Waals surface area contributed by atoms with Gasteiger partial charge in [-0.15, -0.1) is 24.8 Å². The number of nitrogens with zero attached hydrogens (tertiary/aromatic N) is 2. The van der Waals surface area contributed by atoms with Crippen molar-refractivity contribution in [3.8, 4) is 0 Å². The maximum atomic E-state index is 5.65. The summed E-state index contributed by atoms with van der Waals surface area (Å²) >= 11 is 0. The highest BCUT2D eigenvalue weighted by molar-refractivity contribution is 5.85. The molecule has 0 amide bonds. The summed E-state index contributed by atoms with van der Waals surface area (Å²) in [6, 6.07) is 1.94. The van der Waals surface area contributed by atoms with Gasteiger partial charge in [-0.05, 0) is 31.4 Å². The monoisotopic (exact) mass is 281 g/mol. The molecule has 0 bridgehead atoms. The van der Waals surface area contributed by atoms with E-state index in [1.807, 2.05) is 16.9 Å². The summed E-state index contributed by atoms with van der Waals surface area (Å²) in [5, 5.41) is 7.52. The van der Waals surface area contributed by atoms with E-state index in [9.17, 15) is 0 Å². The zero-order chi connectivity index (χ0) is 10.3. The van der Waals surface area contributed by atoms with Crippen LogP contribution in [0.1, 0.15) is 12.8 Å². The van der Waals surface area contributed by atoms with Gasteiger partial charge in [0.25, 0.3) is 0 Å². The topological polar surface area (TPSA) is 39.1 Å². The summed E-state index contributed by atoms with van der Waals surface area (Å²) in [6.45, 7) is 4.78. The van der Waals surface area contributed by atoms with E-state index in [-0.39, 0.29) is 24.8 Å². The lowest BCUT2D eigenvalue weighted by Gasteiger charge is -2.22. The fourth-order valence-corrected chi connectivity index (χ4v) is 1.91. The van der Waals surface area contributed by atoms with Crippen molar-refractivity contribution < 1.29 is 4.74 Å². The molecule has 0 aromatic carbocycles. The van der Waals surface area contributed by atoms with Crippen LogP contribution in [0, 0.1) is 5.92 Å². The molecule has 1 aliphatic rings. The predicted molar refractivity (Wildman–Crippen MR) is 73.1 cm³/mol. The lowest BCUT2D eigenvalue weighted by atomic mass is 10.0. The van der Waals surface area contributed by atoms with Crippen molar-refractivity contribution in [2.24, 2.45) is 5.92 Å². The largest absolute Gasteiger partial charge is 0.379 e. The zero-order valence-electron chi connectivity index (χ0n) is 9.88. The Kier molecular flexibility index (Phi) is 9.55. The number of hydrogen-bond donors (Lipinski definition) is 1. The summed E-state index contributed by atoms with van der Waals surface area (Å²) in [4.78, 5) is 0. The van der Waals surface area contributed by atoms with Crippen LogP contribution >= 0.6 is 24.8 Å². The first-order valence-corrected chi connectivity index (χ1v) is 5.71. The molecule has 1 atom stereocenters. The van der Waals surface area contributed by atoms with Gasteiger partial charge in [0.1, 0.15) is 0 Å². The Hall–Kier alpha value is -0.290. The van der Waals surface area contributed by atoms with Gasteiger partial charge in [0, 0.05) is 18.9 Å². The van der Waals surface area contributed by atoms with E-state index in [4.69, 9.17) is 4.74 Å². The molecule has 0 aliphatic carbocycles. The van der Waals surface area contributed by atoms with Crippen LogP contribution in [0.5, 0.6) is 0 Å². The molecule has 1 aromatic rings. The molecular formula is C11H21Cl2N3O. The Morgan fingerprint density at radius 1 is 1.41 bits per heavy atom. The van der Waals surface area contributed by atoms with Crippen LogP contribution in [-0.4, -0.2) is 36.1 Å². The van der Waals surface area contributed by atoms with Crippen molar-refractivity contribution in [2.45, 2.75) is 19.4 Å². The number of nitrogens with one attached hydrogen (secondary N) is 1. The van der Waals surface area contributed by atoms with Gasteiger partial charge in [0.05, 0.1) is 19.8 Å². The third-order valence-corrected chi connectivity index (χ3v) is 2.78. The maximum Gasteiger partial charge on any atom is 0.0662 e. The van der Waals surface area contributed by atoms with Crippen molar-refractivity contribution in [1.29, 1.82) is 0 Å². The second kappa shape index (κ2) is 9.71. The van der Waals surface area contributed by atoms with Gasteiger partial charge in [0.15, 0.2) is 0 Å². The first-order chi connectivity index (χ1) is 7.45. The second-order valence-corrected chi connectivity index (χ2v) is 4.06. The molecule has 1 saturated heterocycles. The minimum absolute atomic E-state index is 0. The van der Waals surface area contributed by atoms with E-state index < -0.39 is 0 Å². The van der Waals surface area contributed by atoms with Crippen LogP contribution in [0.15, 0.2) is 18.5 Å². The highest BCUT2D eigenvalue weighted by atomic mass is 35.5. The van der Waals surface area contributed by atoms with E-state index in [0.29, 0.717) is 5.92 Å². The highest BCUT2D eigenvalue weighted by Crippen LogP contribution is 2.09. The SMILES string of the molecule is Cl.Cl.c1cnn(CCOC[C@H]2CCCNC2)c1. The predicted octanol–water partition coefficient (Wildman–Crippen LogP) is 1.74. The molecule has 1 fully saturated rings. The van der Waals surface area contributed by atoms with E-state index in [2.05, 4.69) is 10.4 Å². The Labute approximate surface area is 115 Å². The zero-order valence-corrected chi connectivity index (χ0v) is 11.5. The second-order valence-electron chi connectivity index (χ2n) is 4.06. The smallest absolute Gasteiger partial charge is 0.0662 e. The van der Waals surface area contributed by atoms with Gasteiger partial charge >= 0.3 is 0 Å². The van der Waals surface area contributed by atoms with Gasteiger partial charge < -0.3 is 10.1 Å². The molecule has 2 heterocycles. The molecule has 0 spiro atoms. The molecule has 2 rings (SSSR count). The molecule has 4 nitrogen and oxygen atoms in total. The fraction of sp³-hybridized carbons (Fsp3) is 0.727. The molecule has 1 aromatic heterocycles. The molecule has 1 N–H and O–H groups in total. The van der Waals surface area contributed by atoms with Gasteiger partial charge in [-0.2, -0.15) is 5.10 Å². The van der Waals surface area contributed by atoms with E-state index in [1.165, 1.54) is 19.4 Å². The third-order valence-electron chi connectivity index (χ3n) is 2.78. The number of halogens is 2. The number of rotatable bonds is 5. The van der Waals surface area contributed by atoms with Crippen molar-refractivity contribution in [2.75, 3.05) is 26.3 Å². The molecule has 6 heteroatoms. The number of ether oxygens (including phenoxy) is 1. The van der Waals surface area contributed by atoms with Crippen LogP contribution in [0.3, 0.4) is 0 Å². The Morgan fingerprint density at radius 2 is 2.29 bits per heavy atom. The summed E-state index contributed by atoms with van der Waals surface area (Å²) in [5.41, 5.74) is 0. The van der Waals surface area contributed by atoms with Crippen molar-refractivity contribution in [3.63, 3.8) is 0 Å². The van der Waals surface area contributed by atoms with Crippen LogP contribution in [-0.2, 0) is 11.3 Å². The first kappa shape index (κ1) is 16.7. The fourth-order valence-electron chi connectivity index (χ4n) is 1.91. The van der Waals surface area contributed by atoms with Crippen LogP contribution in [0.2, 0.25) is 0 Å². The quantitative estimate of drug-likeness (QED) is 0.836. The number of piperidine rings is 1. The average molecular weight is 282 g/mol. The van der Waals surface area contributed by atoms with Crippen LogP contribution in [0.25, 0.3) is 0 Å². The Morgan fingerprint density at radius 3 is 2.94 bits per heavy atom. The standard InChI is InChI=1S/C11H19N3O.2ClH/c1-3-11(9-12-4-1)10-15-8-7-14-6-2-5-13-14;;/h2,5-6,11-12H,1,3-4,7-10H2;2*1H/t11-;;/m0../s1. The first-order valence-electron chi connectivity index (χ1n) is 5.71. The summed E-state index contributed by atoms with van der Waals surface area (Å²) < 4.78 is 7.55. The molecule has 0 unspecified atom stereocenters. The number of aromatic nitrogens is 2. The lowest BCUT2D eigenvalue weighted by Crippen LogP contribution is -2.32. The molecule has 100 valence electrons. The van der Waals surface area contributed by atoms with Gasteiger partial charge in [-0.3, -0.25) is 4.68 Å². The minimum atomic E-state index is 0.